The van der Waals surface area contributed by atoms with Gasteiger partial charge in [-0.25, -0.2) is 0 Å². The summed E-state index contributed by atoms with van der Waals surface area (Å²) in [6, 6.07) is -0.540. The van der Waals surface area contributed by atoms with Gasteiger partial charge in [-0.15, -0.1) is 0 Å². The van der Waals surface area contributed by atoms with E-state index < -0.39 is 12.1 Å². The summed E-state index contributed by atoms with van der Waals surface area (Å²) in [7, 11) is 0. The van der Waals surface area contributed by atoms with Crippen LogP contribution in [0.1, 0.15) is 322 Å². The molecule has 0 aromatic rings. The normalized spacial score (nSPS) is 12.6. The Morgan fingerprint density at radius 3 is 1.12 bits per heavy atom. The first-order chi connectivity index (χ1) is 31.5. The number of hydrogen-bond donors (Lipinski definition) is 3. The zero-order valence-electron chi connectivity index (χ0n) is 43.3. The van der Waals surface area contributed by atoms with Crippen molar-refractivity contribution in [3.63, 3.8) is 0 Å². The molecule has 0 heterocycles. The number of nitrogens with one attached hydrogen (secondary N) is 1. The van der Waals surface area contributed by atoms with Crippen molar-refractivity contribution < 1.29 is 24.5 Å². The molecule has 0 aromatic heterocycles. The molecule has 1 amide bonds. The molecule has 0 aliphatic heterocycles. The third-order valence-electron chi connectivity index (χ3n) is 13.6. The van der Waals surface area contributed by atoms with Crippen LogP contribution in [0, 0.1) is 0 Å². The fourth-order valence-corrected chi connectivity index (χ4v) is 9.11. The van der Waals surface area contributed by atoms with Gasteiger partial charge in [-0.3, -0.25) is 9.59 Å². The van der Waals surface area contributed by atoms with Gasteiger partial charge in [0.25, 0.3) is 0 Å². The van der Waals surface area contributed by atoms with E-state index in [9.17, 15) is 19.8 Å². The summed E-state index contributed by atoms with van der Waals surface area (Å²) in [4.78, 5) is 24.5. The summed E-state index contributed by atoms with van der Waals surface area (Å²) < 4.78 is 5.47. The second-order valence-corrected chi connectivity index (χ2v) is 20.0. The number of esters is 1. The molecule has 0 bridgehead atoms. The van der Waals surface area contributed by atoms with Crippen molar-refractivity contribution >= 4 is 11.9 Å². The van der Waals surface area contributed by atoms with Gasteiger partial charge in [0, 0.05) is 12.8 Å². The summed E-state index contributed by atoms with van der Waals surface area (Å²) in [6.07, 6.45) is 63.5. The summed E-state index contributed by atoms with van der Waals surface area (Å²) >= 11 is 0. The molecule has 0 saturated heterocycles. The Hall–Kier alpha value is -1.40. The highest BCUT2D eigenvalue weighted by Crippen LogP contribution is 2.18. The Balaban J connectivity index is 3.37. The van der Waals surface area contributed by atoms with Gasteiger partial charge < -0.3 is 20.3 Å². The molecular weight excluding hydrogens is 791 g/mol. The second-order valence-electron chi connectivity index (χ2n) is 20.0. The quantitative estimate of drug-likeness (QED) is 0.0321. The predicted octanol–water partition coefficient (Wildman–Crippen LogP) is 17.7. The van der Waals surface area contributed by atoms with Gasteiger partial charge in [-0.2, -0.15) is 0 Å². The Labute approximate surface area is 399 Å². The number of carbonyl (C=O) groups is 2. The Morgan fingerprint density at radius 2 is 0.734 bits per heavy atom. The van der Waals surface area contributed by atoms with Crippen LogP contribution >= 0.6 is 0 Å². The van der Waals surface area contributed by atoms with Crippen molar-refractivity contribution in [2.45, 2.75) is 334 Å². The molecular formula is C58H113NO5. The molecule has 0 aromatic carbocycles. The fourth-order valence-electron chi connectivity index (χ4n) is 9.11. The molecule has 0 radical (unpaired) electrons. The van der Waals surface area contributed by atoms with Crippen LogP contribution in [0.2, 0.25) is 0 Å². The zero-order chi connectivity index (χ0) is 46.5. The first-order valence-electron chi connectivity index (χ1n) is 28.9. The van der Waals surface area contributed by atoms with Crippen LogP contribution in [-0.4, -0.2) is 47.4 Å². The van der Waals surface area contributed by atoms with E-state index in [1.807, 2.05) is 0 Å². The van der Waals surface area contributed by atoms with Gasteiger partial charge in [0.2, 0.25) is 5.91 Å². The molecule has 2 atom stereocenters. The number of hydrogen-bond acceptors (Lipinski definition) is 5. The molecule has 0 fully saturated rings. The predicted molar refractivity (Wildman–Crippen MR) is 278 cm³/mol. The van der Waals surface area contributed by atoms with Gasteiger partial charge in [0.15, 0.2) is 0 Å². The van der Waals surface area contributed by atoms with Crippen molar-refractivity contribution in [2.75, 3.05) is 13.2 Å². The van der Waals surface area contributed by atoms with Gasteiger partial charge in [-0.1, -0.05) is 270 Å². The van der Waals surface area contributed by atoms with Crippen molar-refractivity contribution in [1.82, 2.24) is 5.32 Å². The van der Waals surface area contributed by atoms with Gasteiger partial charge in [0.1, 0.15) is 0 Å². The van der Waals surface area contributed by atoms with Crippen LogP contribution in [0.4, 0.5) is 0 Å². The zero-order valence-corrected chi connectivity index (χ0v) is 43.3. The van der Waals surface area contributed by atoms with E-state index in [4.69, 9.17) is 4.74 Å². The van der Waals surface area contributed by atoms with E-state index in [-0.39, 0.29) is 18.5 Å². The third kappa shape index (κ3) is 50.0. The molecule has 3 N–H and O–H groups in total. The largest absolute Gasteiger partial charge is 0.466 e. The lowest BCUT2D eigenvalue weighted by Crippen LogP contribution is -2.45. The van der Waals surface area contributed by atoms with Crippen LogP contribution in [-0.2, 0) is 14.3 Å². The van der Waals surface area contributed by atoms with E-state index in [2.05, 4.69) is 31.3 Å². The SMILES string of the molecule is CCCCCC/C=C\CCCCCCCC(=O)OCCCCCCCCCCCCCCCCCCCCCCCC(=O)NC(CO)C(O)CCCCCCCCCCCCCCC. The van der Waals surface area contributed by atoms with Crippen molar-refractivity contribution in [3.8, 4) is 0 Å². The van der Waals surface area contributed by atoms with Crippen LogP contribution < -0.4 is 5.32 Å². The van der Waals surface area contributed by atoms with Gasteiger partial charge in [-0.05, 0) is 51.4 Å². The first kappa shape index (κ1) is 62.6. The van der Waals surface area contributed by atoms with Crippen molar-refractivity contribution in [3.05, 3.63) is 12.2 Å². The molecule has 0 aliphatic carbocycles. The highest BCUT2D eigenvalue weighted by atomic mass is 16.5. The van der Waals surface area contributed by atoms with Gasteiger partial charge >= 0.3 is 5.97 Å². The molecule has 6 heteroatoms. The molecule has 64 heavy (non-hydrogen) atoms. The Morgan fingerprint density at radius 1 is 0.422 bits per heavy atom. The maximum atomic E-state index is 12.5. The van der Waals surface area contributed by atoms with E-state index in [1.54, 1.807) is 0 Å². The topological polar surface area (TPSA) is 95.9 Å². The summed E-state index contributed by atoms with van der Waals surface area (Å²) in [5.74, 6) is -0.0317. The van der Waals surface area contributed by atoms with E-state index in [1.165, 1.54) is 244 Å². The van der Waals surface area contributed by atoms with Crippen LogP contribution in [0.3, 0.4) is 0 Å². The lowest BCUT2D eigenvalue weighted by Gasteiger charge is -2.22. The highest BCUT2D eigenvalue weighted by molar-refractivity contribution is 5.76. The molecule has 0 spiro atoms. The average Bonchev–Trinajstić information content (AvgIpc) is 3.29. The molecule has 2 unspecified atom stereocenters. The lowest BCUT2D eigenvalue weighted by molar-refractivity contribution is -0.143. The number of allylic oxidation sites excluding steroid dienone is 2. The minimum Gasteiger partial charge on any atom is -0.466 e. The van der Waals surface area contributed by atoms with Gasteiger partial charge in [0.05, 0.1) is 25.4 Å². The molecule has 380 valence electrons. The molecule has 0 saturated carbocycles. The van der Waals surface area contributed by atoms with E-state index in [0.717, 1.165) is 44.9 Å². The minimum atomic E-state index is -0.663. The number of ether oxygens (including phenoxy) is 1. The Kier molecular flexibility index (Phi) is 53.0. The highest BCUT2D eigenvalue weighted by Gasteiger charge is 2.20. The number of aliphatic hydroxyl groups excluding tert-OH is 2. The third-order valence-corrected chi connectivity index (χ3v) is 13.6. The molecule has 6 nitrogen and oxygen atoms in total. The van der Waals surface area contributed by atoms with Crippen LogP contribution in [0.25, 0.3) is 0 Å². The number of amides is 1. The number of carbonyl (C=O) groups excluding carboxylic acids is 2. The van der Waals surface area contributed by atoms with Crippen molar-refractivity contribution in [1.29, 1.82) is 0 Å². The maximum absolute atomic E-state index is 12.5. The Bertz CT molecular complexity index is 955. The van der Waals surface area contributed by atoms with Crippen LogP contribution in [0.5, 0.6) is 0 Å². The molecule has 0 aliphatic rings. The van der Waals surface area contributed by atoms with Crippen molar-refractivity contribution in [2.24, 2.45) is 0 Å². The van der Waals surface area contributed by atoms with E-state index >= 15 is 0 Å². The monoisotopic (exact) mass is 904 g/mol. The summed E-state index contributed by atoms with van der Waals surface area (Å²) in [5.41, 5.74) is 0. The average molecular weight is 905 g/mol. The smallest absolute Gasteiger partial charge is 0.305 e. The standard InChI is InChI=1S/C58H113NO5/c1-3-5-7-9-11-13-15-26-30-34-38-42-46-50-56(61)55(54-60)59-57(62)51-47-43-39-35-31-28-24-22-20-18-17-19-21-23-25-29-33-37-41-45-49-53-64-58(63)52-48-44-40-36-32-27-16-14-12-10-8-6-4-2/h14,16,55-56,60-61H,3-13,15,17-54H2,1-2H3,(H,59,62)/b16-14-. The number of rotatable bonds is 54. The lowest BCUT2D eigenvalue weighted by atomic mass is 10.0. The molecule has 0 rings (SSSR count). The second kappa shape index (κ2) is 54.2. The summed E-state index contributed by atoms with van der Waals surface area (Å²) in [6.45, 7) is 4.94. The first-order valence-corrected chi connectivity index (χ1v) is 28.9. The maximum Gasteiger partial charge on any atom is 0.305 e. The summed E-state index contributed by atoms with van der Waals surface area (Å²) in [5, 5.41) is 23.2. The van der Waals surface area contributed by atoms with Crippen LogP contribution in [0.15, 0.2) is 12.2 Å². The number of unbranched alkanes of at least 4 members (excludes halogenated alkanes) is 41. The number of aliphatic hydroxyl groups is 2. The minimum absolute atomic E-state index is 0.00313. The van der Waals surface area contributed by atoms with E-state index in [0.29, 0.717) is 25.9 Å². The fraction of sp³-hybridized carbons (Fsp3) is 0.931.